The van der Waals surface area contributed by atoms with Gasteiger partial charge in [0.25, 0.3) is 11.8 Å². The number of fused-ring (bicyclic) bond motifs is 1. The Morgan fingerprint density at radius 3 is 2.58 bits per heavy atom. The minimum absolute atomic E-state index is 0.0186. The van der Waals surface area contributed by atoms with Crippen LogP contribution in [0, 0.1) is 0 Å². The molecule has 0 aromatic heterocycles. The molecule has 0 spiro atoms. The lowest BCUT2D eigenvalue weighted by Crippen LogP contribution is -2.54. The number of aryl methyl sites for hydroxylation is 1. The first kappa shape index (κ1) is 22.4. The van der Waals surface area contributed by atoms with Gasteiger partial charge in [0.05, 0.1) is 17.5 Å². The van der Waals surface area contributed by atoms with Gasteiger partial charge in [-0.3, -0.25) is 34.2 Å². The van der Waals surface area contributed by atoms with Gasteiger partial charge < -0.3 is 5.32 Å². The van der Waals surface area contributed by atoms with Crippen LogP contribution in [-0.4, -0.2) is 53.2 Å². The van der Waals surface area contributed by atoms with E-state index < -0.39 is 54.6 Å². The van der Waals surface area contributed by atoms with E-state index in [4.69, 9.17) is 0 Å². The van der Waals surface area contributed by atoms with E-state index in [0.717, 1.165) is 4.90 Å². The molecular formula is C20H20F3N3O5. The largest absolute Gasteiger partial charge is 0.389 e. The maximum Gasteiger partial charge on any atom is 0.389 e. The molecule has 0 saturated carbocycles. The number of carbonyl (C=O) groups excluding carboxylic acids is 5. The van der Waals surface area contributed by atoms with Gasteiger partial charge in [-0.1, -0.05) is 12.1 Å². The standard InChI is InChI=1S/C20H20F3N3O5/c21-20(22,23)9-8-14(27)24-10-2-4-11-3-1-5-12-16(11)19(31)26(18(12)30)13-6-7-15(28)25-17(13)29/h1,3,5,13H,2,4,6-10H2,(H,24,27)(H,25,28,29). The number of alkyl halides is 3. The van der Waals surface area contributed by atoms with Gasteiger partial charge in [-0.2, -0.15) is 13.2 Å². The quantitative estimate of drug-likeness (QED) is 0.494. The van der Waals surface area contributed by atoms with Crippen LogP contribution in [0.15, 0.2) is 18.2 Å². The smallest absolute Gasteiger partial charge is 0.356 e. The van der Waals surface area contributed by atoms with Gasteiger partial charge in [0, 0.05) is 19.4 Å². The van der Waals surface area contributed by atoms with Crippen LogP contribution in [-0.2, 0) is 20.8 Å². The molecule has 1 aromatic rings. The van der Waals surface area contributed by atoms with E-state index in [1.165, 1.54) is 6.07 Å². The second-order valence-electron chi connectivity index (χ2n) is 7.36. The molecule has 3 rings (SSSR count). The Labute approximate surface area is 175 Å². The van der Waals surface area contributed by atoms with Gasteiger partial charge in [-0.25, -0.2) is 0 Å². The van der Waals surface area contributed by atoms with Crippen molar-refractivity contribution in [1.82, 2.24) is 15.5 Å². The first-order valence-corrected chi connectivity index (χ1v) is 9.75. The Morgan fingerprint density at radius 2 is 1.90 bits per heavy atom. The van der Waals surface area contributed by atoms with Crippen LogP contribution in [0.2, 0.25) is 0 Å². The molecule has 1 saturated heterocycles. The SMILES string of the molecule is O=C(CCC(F)(F)F)NCCCc1cccc2c1C(=O)N(C1CCC(=O)NC1=O)C2=O. The van der Waals surface area contributed by atoms with E-state index in [1.54, 1.807) is 12.1 Å². The Balaban J connectivity index is 1.62. The molecule has 1 atom stereocenters. The maximum atomic E-state index is 12.9. The molecular weight excluding hydrogens is 419 g/mol. The molecule has 2 N–H and O–H groups in total. The van der Waals surface area contributed by atoms with Gasteiger partial charge in [0.2, 0.25) is 17.7 Å². The van der Waals surface area contributed by atoms with Crippen LogP contribution < -0.4 is 10.6 Å². The van der Waals surface area contributed by atoms with Crippen LogP contribution in [0.4, 0.5) is 13.2 Å². The van der Waals surface area contributed by atoms with Crippen molar-refractivity contribution in [2.24, 2.45) is 0 Å². The number of hydrogen-bond acceptors (Lipinski definition) is 5. The van der Waals surface area contributed by atoms with Crippen molar-refractivity contribution in [3.63, 3.8) is 0 Å². The summed E-state index contributed by atoms with van der Waals surface area (Å²) in [6.45, 7) is 0.110. The zero-order valence-corrected chi connectivity index (χ0v) is 16.4. The van der Waals surface area contributed by atoms with Crippen molar-refractivity contribution >= 4 is 29.5 Å². The van der Waals surface area contributed by atoms with E-state index in [0.29, 0.717) is 18.4 Å². The summed E-state index contributed by atoms with van der Waals surface area (Å²) in [6.07, 6.45) is -5.54. The average Bonchev–Trinajstić information content (AvgIpc) is 2.95. The third kappa shape index (κ3) is 5.09. The topological polar surface area (TPSA) is 113 Å². The second kappa shape index (κ2) is 8.86. The molecule has 0 radical (unpaired) electrons. The predicted molar refractivity (Wildman–Crippen MR) is 99.7 cm³/mol. The third-order valence-electron chi connectivity index (χ3n) is 5.14. The fourth-order valence-electron chi connectivity index (χ4n) is 3.64. The lowest BCUT2D eigenvalue weighted by atomic mass is 9.99. The van der Waals surface area contributed by atoms with E-state index in [9.17, 15) is 37.1 Å². The molecule has 31 heavy (non-hydrogen) atoms. The summed E-state index contributed by atoms with van der Waals surface area (Å²) in [5.41, 5.74) is 0.859. The fraction of sp³-hybridized carbons (Fsp3) is 0.450. The molecule has 1 aromatic carbocycles. The molecule has 5 amide bonds. The van der Waals surface area contributed by atoms with Gasteiger partial charge in [-0.15, -0.1) is 0 Å². The molecule has 166 valence electrons. The third-order valence-corrected chi connectivity index (χ3v) is 5.14. The van der Waals surface area contributed by atoms with Crippen LogP contribution in [0.3, 0.4) is 0 Å². The molecule has 0 aliphatic carbocycles. The molecule has 2 aliphatic heterocycles. The van der Waals surface area contributed by atoms with Crippen molar-refractivity contribution in [3.8, 4) is 0 Å². The van der Waals surface area contributed by atoms with Gasteiger partial charge in [0.15, 0.2) is 0 Å². The summed E-state index contributed by atoms with van der Waals surface area (Å²) in [5, 5.41) is 4.52. The molecule has 11 heteroatoms. The summed E-state index contributed by atoms with van der Waals surface area (Å²) >= 11 is 0. The van der Waals surface area contributed by atoms with E-state index in [-0.39, 0.29) is 30.5 Å². The van der Waals surface area contributed by atoms with Crippen molar-refractivity contribution in [1.29, 1.82) is 0 Å². The first-order chi connectivity index (χ1) is 14.6. The van der Waals surface area contributed by atoms with Crippen molar-refractivity contribution in [3.05, 3.63) is 34.9 Å². The Morgan fingerprint density at radius 1 is 1.16 bits per heavy atom. The van der Waals surface area contributed by atoms with Crippen LogP contribution >= 0.6 is 0 Å². The Hall–Kier alpha value is -3.24. The molecule has 8 nitrogen and oxygen atoms in total. The summed E-state index contributed by atoms with van der Waals surface area (Å²) < 4.78 is 36.4. The number of rotatable bonds is 7. The van der Waals surface area contributed by atoms with Crippen LogP contribution in [0.5, 0.6) is 0 Å². The summed E-state index contributed by atoms with van der Waals surface area (Å²) in [7, 11) is 0. The number of halogens is 3. The normalized spacial score (nSPS) is 18.8. The van der Waals surface area contributed by atoms with Gasteiger partial charge in [-0.05, 0) is 30.9 Å². The molecule has 1 unspecified atom stereocenters. The highest BCUT2D eigenvalue weighted by Crippen LogP contribution is 2.30. The zero-order chi connectivity index (χ0) is 22.8. The van der Waals surface area contributed by atoms with E-state index >= 15 is 0 Å². The highest BCUT2D eigenvalue weighted by molar-refractivity contribution is 6.24. The molecule has 0 bridgehead atoms. The molecule has 2 aliphatic rings. The minimum Gasteiger partial charge on any atom is -0.356 e. The molecule has 2 heterocycles. The number of nitrogens with one attached hydrogen (secondary N) is 2. The summed E-state index contributed by atoms with van der Waals surface area (Å²) in [6, 6.07) is 3.65. The molecule has 1 fully saturated rings. The highest BCUT2D eigenvalue weighted by Gasteiger charge is 2.45. The highest BCUT2D eigenvalue weighted by atomic mass is 19.4. The lowest BCUT2D eigenvalue weighted by Gasteiger charge is -2.27. The van der Waals surface area contributed by atoms with Crippen molar-refractivity contribution in [2.75, 3.05) is 6.54 Å². The number of imide groups is 2. The summed E-state index contributed by atoms with van der Waals surface area (Å²) in [4.78, 5) is 61.5. The second-order valence-corrected chi connectivity index (χ2v) is 7.36. The Kier molecular flexibility index (Phi) is 6.42. The van der Waals surface area contributed by atoms with E-state index in [1.807, 2.05) is 0 Å². The fourth-order valence-corrected chi connectivity index (χ4v) is 3.64. The van der Waals surface area contributed by atoms with Gasteiger partial charge in [0.1, 0.15) is 6.04 Å². The van der Waals surface area contributed by atoms with Crippen LogP contribution in [0.1, 0.15) is 58.4 Å². The average molecular weight is 439 g/mol. The number of piperidine rings is 1. The zero-order valence-electron chi connectivity index (χ0n) is 16.4. The first-order valence-electron chi connectivity index (χ1n) is 9.75. The lowest BCUT2D eigenvalue weighted by molar-refractivity contribution is -0.144. The monoisotopic (exact) mass is 439 g/mol. The number of nitrogens with zero attached hydrogens (tertiary/aromatic N) is 1. The van der Waals surface area contributed by atoms with Crippen molar-refractivity contribution in [2.45, 2.75) is 50.7 Å². The number of carbonyl (C=O) groups is 5. The Bertz CT molecular complexity index is 944. The van der Waals surface area contributed by atoms with Gasteiger partial charge >= 0.3 is 6.18 Å². The summed E-state index contributed by atoms with van der Waals surface area (Å²) in [5.74, 6) is -3.12. The minimum atomic E-state index is -4.40. The predicted octanol–water partition coefficient (Wildman–Crippen LogP) is 1.48. The number of hydrogen-bond donors (Lipinski definition) is 2. The number of amides is 5. The van der Waals surface area contributed by atoms with Crippen molar-refractivity contribution < 1.29 is 37.1 Å². The maximum absolute atomic E-state index is 12.9. The van der Waals surface area contributed by atoms with Crippen LogP contribution in [0.25, 0.3) is 0 Å². The number of benzene rings is 1. The van der Waals surface area contributed by atoms with E-state index in [2.05, 4.69) is 10.6 Å².